The van der Waals surface area contributed by atoms with E-state index in [1.165, 1.54) is 11.3 Å². The number of hydrogen-bond donors (Lipinski definition) is 1. The van der Waals surface area contributed by atoms with E-state index in [1.807, 2.05) is 6.92 Å². The van der Waals surface area contributed by atoms with E-state index in [1.54, 1.807) is 31.2 Å². The van der Waals surface area contributed by atoms with Crippen molar-refractivity contribution >= 4 is 28.1 Å². The molecule has 0 bridgehead atoms. The maximum Gasteiger partial charge on any atom is 0.358 e. The molecule has 0 atom stereocenters. The molecule has 0 aliphatic carbocycles. The first-order valence-corrected chi connectivity index (χ1v) is 6.87. The molecular formula is C14H13N3O2S. The minimum atomic E-state index is -0.408. The summed E-state index contributed by atoms with van der Waals surface area (Å²) < 4.78 is 4.94. The van der Waals surface area contributed by atoms with Crippen molar-refractivity contribution in [2.45, 2.75) is 13.8 Å². The highest BCUT2D eigenvalue weighted by Crippen LogP contribution is 2.26. The number of rotatable bonds is 4. The van der Waals surface area contributed by atoms with Crippen molar-refractivity contribution in [1.82, 2.24) is 4.98 Å². The number of benzene rings is 1. The number of aryl methyl sites for hydroxylation is 1. The minimum absolute atomic E-state index is 0.328. The Morgan fingerprint density at radius 3 is 2.75 bits per heavy atom. The first kappa shape index (κ1) is 14.0. The normalized spacial score (nSPS) is 9.85. The van der Waals surface area contributed by atoms with E-state index < -0.39 is 5.97 Å². The van der Waals surface area contributed by atoms with Gasteiger partial charge in [-0.2, -0.15) is 5.26 Å². The SMILES string of the molecule is CCOC(=O)c1nc(Nc2ccc(C#N)cc2)sc1C. The van der Waals surface area contributed by atoms with Crippen LogP contribution in [0.15, 0.2) is 24.3 Å². The highest BCUT2D eigenvalue weighted by atomic mass is 32.1. The van der Waals surface area contributed by atoms with E-state index in [-0.39, 0.29) is 0 Å². The number of nitriles is 1. The number of hydrogen-bond acceptors (Lipinski definition) is 6. The lowest BCUT2D eigenvalue weighted by Gasteiger charge is -2.01. The molecule has 0 fully saturated rings. The van der Waals surface area contributed by atoms with E-state index in [9.17, 15) is 4.79 Å². The number of nitrogens with one attached hydrogen (secondary N) is 1. The summed E-state index contributed by atoms with van der Waals surface area (Å²) in [5, 5.41) is 12.5. The van der Waals surface area contributed by atoms with Crippen molar-refractivity contribution in [2.24, 2.45) is 0 Å². The molecule has 0 saturated carbocycles. The van der Waals surface area contributed by atoms with Crippen LogP contribution in [0.4, 0.5) is 10.8 Å². The summed E-state index contributed by atoms with van der Waals surface area (Å²) in [5.74, 6) is -0.408. The van der Waals surface area contributed by atoms with E-state index in [2.05, 4.69) is 16.4 Å². The summed E-state index contributed by atoms with van der Waals surface area (Å²) in [6.45, 7) is 3.91. The molecule has 1 N–H and O–H groups in total. The van der Waals surface area contributed by atoms with Crippen molar-refractivity contribution < 1.29 is 9.53 Å². The van der Waals surface area contributed by atoms with Gasteiger partial charge < -0.3 is 10.1 Å². The van der Waals surface area contributed by atoms with Gasteiger partial charge in [0.1, 0.15) is 0 Å². The molecule has 0 amide bonds. The van der Waals surface area contributed by atoms with Crippen LogP contribution in [0.1, 0.15) is 27.9 Å². The largest absolute Gasteiger partial charge is 0.461 e. The van der Waals surface area contributed by atoms with Crippen LogP contribution >= 0.6 is 11.3 Å². The van der Waals surface area contributed by atoms with Crippen LogP contribution in [0.2, 0.25) is 0 Å². The molecule has 2 rings (SSSR count). The van der Waals surface area contributed by atoms with Gasteiger partial charge >= 0.3 is 5.97 Å². The van der Waals surface area contributed by atoms with Gasteiger partial charge in [0.05, 0.1) is 18.2 Å². The summed E-state index contributed by atoms with van der Waals surface area (Å²) in [4.78, 5) is 16.7. The number of carbonyl (C=O) groups excluding carboxylic acids is 1. The molecular weight excluding hydrogens is 274 g/mol. The lowest BCUT2D eigenvalue weighted by atomic mass is 10.2. The number of anilines is 2. The van der Waals surface area contributed by atoms with Crippen molar-refractivity contribution in [2.75, 3.05) is 11.9 Å². The Bertz CT molecular complexity index is 656. The monoisotopic (exact) mass is 287 g/mol. The Hall–Kier alpha value is -2.39. The fourth-order valence-corrected chi connectivity index (χ4v) is 2.41. The highest BCUT2D eigenvalue weighted by molar-refractivity contribution is 7.15. The fourth-order valence-electron chi connectivity index (χ4n) is 1.59. The first-order chi connectivity index (χ1) is 9.63. The number of ether oxygens (including phenoxy) is 1. The van der Waals surface area contributed by atoms with Crippen molar-refractivity contribution in [3.8, 4) is 6.07 Å². The van der Waals surface area contributed by atoms with Crippen LogP contribution in [-0.2, 0) is 4.74 Å². The molecule has 0 saturated heterocycles. The minimum Gasteiger partial charge on any atom is -0.461 e. The number of carbonyl (C=O) groups is 1. The third-order valence-corrected chi connectivity index (χ3v) is 3.42. The van der Waals surface area contributed by atoms with Crippen LogP contribution in [0, 0.1) is 18.3 Å². The zero-order valence-electron chi connectivity index (χ0n) is 11.1. The van der Waals surface area contributed by atoms with E-state index >= 15 is 0 Å². The smallest absolute Gasteiger partial charge is 0.358 e. The van der Waals surface area contributed by atoms with E-state index in [0.29, 0.717) is 23.0 Å². The molecule has 6 heteroatoms. The Balaban J connectivity index is 2.15. The number of esters is 1. The Labute approximate surface area is 120 Å². The van der Waals surface area contributed by atoms with Gasteiger partial charge in [-0.1, -0.05) is 0 Å². The van der Waals surface area contributed by atoms with E-state index in [0.717, 1.165) is 10.6 Å². The van der Waals surface area contributed by atoms with Crippen LogP contribution in [0.3, 0.4) is 0 Å². The Morgan fingerprint density at radius 1 is 1.45 bits per heavy atom. The molecule has 0 spiro atoms. The average molecular weight is 287 g/mol. The maximum atomic E-state index is 11.7. The molecule has 0 unspecified atom stereocenters. The van der Waals surface area contributed by atoms with Crippen LogP contribution < -0.4 is 5.32 Å². The predicted molar refractivity (Wildman–Crippen MR) is 77.2 cm³/mol. The second-order valence-corrected chi connectivity index (χ2v) is 5.16. The molecule has 5 nitrogen and oxygen atoms in total. The third kappa shape index (κ3) is 3.13. The number of nitrogens with zero attached hydrogens (tertiary/aromatic N) is 2. The lowest BCUT2D eigenvalue weighted by Crippen LogP contribution is -2.06. The molecule has 20 heavy (non-hydrogen) atoms. The molecule has 102 valence electrons. The predicted octanol–water partition coefficient (Wildman–Crippen LogP) is 3.24. The van der Waals surface area contributed by atoms with Gasteiger partial charge in [0.2, 0.25) is 0 Å². The van der Waals surface area contributed by atoms with Crippen molar-refractivity contribution in [3.63, 3.8) is 0 Å². The topological polar surface area (TPSA) is 75.0 Å². The molecule has 2 aromatic rings. The van der Waals surface area contributed by atoms with Crippen molar-refractivity contribution in [3.05, 3.63) is 40.4 Å². The average Bonchev–Trinajstić information content (AvgIpc) is 2.81. The standard InChI is InChI=1S/C14H13N3O2S/c1-3-19-13(18)12-9(2)20-14(17-12)16-11-6-4-10(8-15)5-7-11/h4-7H,3H2,1-2H3,(H,16,17). The second kappa shape index (κ2) is 6.17. The summed E-state index contributed by atoms with van der Waals surface area (Å²) in [7, 11) is 0. The lowest BCUT2D eigenvalue weighted by molar-refractivity contribution is 0.0519. The zero-order valence-corrected chi connectivity index (χ0v) is 12.0. The fraction of sp³-hybridized carbons (Fsp3) is 0.214. The zero-order chi connectivity index (χ0) is 14.5. The van der Waals surface area contributed by atoms with Crippen LogP contribution in [0.25, 0.3) is 0 Å². The number of aromatic nitrogens is 1. The van der Waals surface area contributed by atoms with Gasteiger partial charge in [-0.3, -0.25) is 0 Å². The first-order valence-electron chi connectivity index (χ1n) is 6.05. The molecule has 1 aromatic carbocycles. The van der Waals surface area contributed by atoms with Gasteiger partial charge in [-0.25, -0.2) is 9.78 Å². The Morgan fingerprint density at radius 2 is 2.15 bits per heavy atom. The van der Waals surface area contributed by atoms with E-state index in [4.69, 9.17) is 10.00 Å². The molecule has 0 aliphatic heterocycles. The molecule has 0 radical (unpaired) electrons. The van der Waals surface area contributed by atoms with Crippen LogP contribution in [-0.4, -0.2) is 17.6 Å². The van der Waals surface area contributed by atoms with Crippen LogP contribution in [0.5, 0.6) is 0 Å². The van der Waals surface area contributed by atoms with Gasteiger partial charge in [0.25, 0.3) is 0 Å². The second-order valence-electron chi connectivity index (χ2n) is 3.96. The summed E-state index contributed by atoms with van der Waals surface area (Å²) in [6.07, 6.45) is 0. The maximum absolute atomic E-state index is 11.7. The Kier molecular flexibility index (Phi) is 4.33. The van der Waals surface area contributed by atoms with Crippen molar-refractivity contribution in [1.29, 1.82) is 5.26 Å². The third-order valence-electron chi connectivity index (χ3n) is 2.53. The van der Waals surface area contributed by atoms with Gasteiger partial charge in [-0.05, 0) is 38.1 Å². The molecule has 1 aromatic heterocycles. The quantitative estimate of drug-likeness (QED) is 0.874. The van der Waals surface area contributed by atoms with Gasteiger partial charge in [0, 0.05) is 10.6 Å². The molecule has 1 heterocycles. The summed E-state index contributed by atoms with van der Waals surface area (Å²) in [5.41, 5.74) is 1.75. The van der Waals surface area contributed by atoms with Gasteiger partial charge in [-0.15, -0.1) is 11.3 Å². The van der Waals surface area contributed by atoms with Gasteiger partial charge in [0.15, 0.2) is 10.8 Å². The summed E-state index contributed by atoms with van der Waals surface area (Å²) in [6, 6.07) is 9.07. The highest BCUT2D eigenvalue weighted by Gasteiger charge is 2.16. The summed E-state index contributed by atoms with van der Waals surface area (Å²) >= 11 is 1.39. The molecule has 0 aliphatic rings. The number of thiazole rings is 1.